The average Bonchev–Trinajstić information content (AvgIpc) is 2.14. The molecule has 0 aliphatic heterocycles. The second-order valence-corrected chi connectivity index (χ2v) is 11.1. The molecule has 0 nitrogen and oxygen atoms in total. The molecule has 0 fully saturated rings. The summed E-state index contributed by atoms with van der Waals surface area (Å²) in [7, 11) is -0.917. The standard InChI is InChI=1S/C14H28Si/c1-5-6-7-8-9-10-11-12-13-14-15(2,3)4/h5-11,14H2,1-4H3. The van der Waals surface area contributed by atoms with E-state index in [-0.39, 0.29) is 0 Å². The van der Waals surface area contributed by atoms with Crippen molar-refractivity contribution in [1.29, 1.82) is 0 Å². The van der Waals surface area contributed by atoms with Crippen LogP contribution in [0.1, 0.15) is 51.9 Å². The van der Waals surface area contributed by atoms with Gasteiger partial charge in [-0.05, 0) is 6.42 Å². The Labute approximate surface area is 97.9 Å². The van der Waals surface area contributed by atoms with Gasteiger partial charge in [0, 0.05) is 12.5 Å². The number of rotatable bonds is 7. The Morgan fingerprint density at radius 2 is 1.40 bits per heavy atom. The Balaban J connectivity index is 3.23. The van der Waals surface area contributed by atoms with Crippen molar-refractivity contribution in [2.75, 3.05) is 0 Å². The third kappa shape index (κ3) is 13.8. The molecule has 0 atom stereocenters. The minimum Gasteiger partial charge on any atom is -0.106 e. The molecule has 0 heterocycles. The molecule has 15 heavy (non-hydrogen) atoms. The summed E-state index contributed by atoms with van der Waals surface area (Å²) in [6.07, 6.45) is 9.38. The first kappa shape index (κ1) is 14.8. The lowest BCUT2D eigenvalue weighted by atomic mass is 10.1. The number of hydrogen-bond acceptors (Lipinski definition) is 0. The highest BCUT2D eigenvalue weighted by Gasteiger charge is 2.09. The Morgan fingerprint density at radius 1 is 0.800 bits per heavy atom. The summed E-state index contributed by atoms with van der Waals surface area (Å²) in [6, 6.07) is 1.17. The van der Waals surface area contributed by atoms with E-state index in [2.05, 4.69) is 38.4 Å². The van der Waals surface area contributed by atoms with E-state index in [1.54, 1.807) is 0 Å². The van der Waals surface area contributed by atoms with Crippen molar-refractivity contribution < 1.29 is 0 Å². The van der Waals surface area contributed by atoms with Gasteiger partial charge in [-0.15, -0.1) is 11.8 Å². The van der Waals surface area contributed by atoms with Crippen LogP contribution in [-0.2, 0) is 0 Å². The third-order valence-corrected chi connectivity index (χ3v) is 3.64. The lowest BCUT2D eigenvalue weighted by Gasteiger charge is -2.09. The van der Waals surface area contributed by atoms with Gasteiger partial charge in [-0.1, -0.05) is 58.7 Å². The van der Waals surface area contributed by atoms with Crippen LogP contribution in [0.5, 0.6) is 0 Å². The summed E-state index contributed by atoms with van der Waals surface area (Å²) < 4.78 is 0. The van der Waals surface area contributed by atoms with Gasteiger partial charge in [-0.2, -0.15) is 0 Å². The molecule has 0 rings (SSSR count). The maximum atomic E-state index is 3.34. The van der Waals surface area contributed by atoms with Crippen molar-refractivity contribution in [2.24, 2.45) is 0 Å². The fourth-order valence-electron chi connectivity index (χ4n) is 1.41. The first-order valence-corrected chi connectivity index (χ1v) is 10.2. The first-order valence-electron chi connectivity index (χ1n) is 6.52. The van der Waals surface area contributed by atoms with Crippen molar-refractivity contribution >= 4 is 8.07 Å². The summed E-state index contributed by atoms with van der Waals surface area (Å²) in [4.78, 5) is 0. The van der Waals surface area contributed by atoms with E-state index in [1.165, 1.54) is 44.6 Å². The molecule has 0 aromatic heterocycles. The molecule has 0 bridgehead atoms. The number of hydrogen-bond donors (Lipinski definition) is 0. The van der Waals surface area contributed by atoms with Gasteiger partial charge >= 0.3 is 0 Å². The smallest absolute Gasteiger partial charge is 0.0573 e. The lowest BCUT2D eigenvalue weighted by molar-refractivity contribution is 0.614. The van der Waals surface area contributed by atoms with Gasteiger partial charge in [0.25, 0.3) is 0 Å². The monoisotopic (exact) mass is 224 g/mol. The minimum absolute atomic E-state index is 0.917. The zero-order chi connectivity index (χ0) is 11.6. The average molecular weight is 224 g/mol. The molecule has 0 aromatic carbocycles. The molecular formula is C14H28Si. The van der Waals surface area contributed by atoms with E-state index in [4.69, 9.17) is 0 Å². The first-order chi connectivity index (χ1) is 7.06. The Kier molecular flexibility index (Phi) is 8.90. The normalized spacial score (nSPS) is 10.9. The highest BCUT2D eigenvalue weighted by molar-refractivity contribution is 6.76. The molecule has 0 N–H and O–H groups in total. The Hall–Kier alpha value is -0.223. The predicted molar refractivity (Wildman–Crippen MR) is 73.9 cm³/mol. The fraction of sp³-hybridized carbons (Fsp3) is 0.857. The second-order valence-electron chi connectivity index (χ2n) is 5.61. The van der Waals surface area contributed by atoms with Gasteiger partial charge in [0.1, 0.15) is 0 Å². The molecule has 0 aliphatic carbocycles. The van der Waals surface area contributed by atoms with E-state index < -0.39 is 8.07 Å². The van der Waals surface area contributed by atoms with Crippen molar-refractivity contribution in [3.05, 3.63) is 0 Å². The highest BCUT2D eigenvalue weighted by atomic mass is 28.3. The summed E-state index contributed by atoms with van der Waals surface area (Å²) in [5.41, 5.74) is 0. The molecule has 0 saturated carbocycles. The van der Waals surface area contributed by atoms with Crippen LogP contribution in [0.2, 0.25) is 25.7 Å². The SMILES string of the molecule is CCCCCCCCC#CC[Si](C)(C)C. The molecule has 0 amide bonds. The van der Waals surface area contributed by atoms with Crippen LogP contribution in [0, 0.1) is 11.8 Å². The van der Waals surface area contributed by atoms with E-state index in [0.29, 0.717) is 0 Å². The molecule has 0 unspecified atom stereocenters. The third-order valence-electron chi connectivity index (χ3n) is 2.40. The van der Waals surface area contributed by atoms with Gasteiger partial charge in [0.2, 0.25) is 0 Å². The van der Waals surface area contributed by atoms with Crippen LogP contribution in [0.4, 0.5) is 0 Å². The minimum atomic E-state index is -0.917. The zero-order valence-electron chi connectivity index (χ0n) is 11.2. The van der Waals surface area contributed by atoms with E-state index in [1.807, 2.05) is 0 Å². The molecular weight excluding hydrogens is 196 g/mol. The quantitative estimate of drug-likeness (QED) is 0.321. The van der Waals surface area contributed by atoms with Gasteiger partial charge in [0.15, 0.2) is 0 Å². The van der Waals surface area contributed by atoms with Crippen LogP contribution in [0.25, 0.3) is 0 Å². The van der Waals surface area contributed by atoms with Crippen LogP contribution in [-0.4, -0.2) is 8.07 Å². The van der Waals surface area contributed by atoms with Crippen molar-refractivity contribution in [3.8, 4) is 11.8 Å². The Morgan fingerprint density at radius 3 is 2.00 bits per heavy atom. The largest absolute Gasteiger partial charge is 0.106 e. The molecule has 0 radical (unpaired) electrons. The lowest BCUT2D eigenvalue weighted by Crippen LogP contribution is -2.17. The van der Waals surface area contributed by atoms with Gasteiger partial charge in [-0.3, -0.25) is 0 Å². The molecule has 0 aliphatic rings. The van der Waals surface area contributed by atoms with E-state index in [0.717, 1.165) is 6.42 Å². The summed E-state index contributed by atoms with van der Waals surface area (Å²) in [5, 5.41) is 0. The van der Waals surface area contributed by atoms with Crippen molar-refractivity contribution in [1.82, 2.24) is 0 Å². The van der Waals surface area contributed by atoms with Gasteiger partial charge < -0.3 is 0 Å². The molecule has 0 saturated heterocycles. The van der Waals surface area contributed by atoms with Crippen LogP contribution < -0.4 is 0 Å². The van der Waals surface area contributed by atoms with Crippen molar-refractivity contribution in [3.63, 3.8) is 0 Å². The van der Waals surface area contributed by atoms with Crippen LogP contribution in [0.15, 0.2) is 0 Å². The topological polar surface area (TPSA) is 0 Å². The number of unbranched alkanes of at least 4 members (excludes halogenated alkanes) is 6. The van der Waals surface area contributed by atoms with E-state index >= 15 is 0 Å². The zero-order valence-corrected chi connectivity index (χ0v) is 12.2. The van der Waals surface area contributed by atoms with Gasteiger partial charge in [-0.25, -0.2) is 0 Å². The molecule has 0 aromatic rings. The van der Waals surface area contributed by atoms with Gasteiger partial charge in [0.05, 0.1) is 8.07 Å². The molecule has 0 spiro atoms. The van der Waals surface area contributed by atoms with E-state index in [9.17, 15) is 0 Å². The van der Waals surface area contributed by atoms with Crippen LogP contribution >= 0.6 is 0 Å². The Bertz CT molecular complexity index is 190. The fourth-order valence-corrected chi connectivity index (χ4v) is 2.07. The molecule has 1 heteroatoms. The molecule has 88 valence electrons. The van der Waals surface area contributed by atoms with Crippen molar-refractivity contribution in [2.45, 2.75) is 77.6 Å². The predicted octanol–water partition coefficient (Wildman–Crippen LogP) is 5.08. The summed E-state index contributed by atoms with van der Waals surface area (Å²) in [5.74, 6) is 6.66. The second kappa shape index (κ2) is 9.04. The summed E-state index contributed by atoms with van der Waals surface area (Å²) in [6.45, 7) is 9.41. The maximum absolute atomic E-state index is 3.34. The highest BCUT2D eigenvalue weighted by Crippen LogP contribution is 2.08. The maximum Gasteiger partial charge on any atom is 0.0573 e. The summed E-state index contributed by atoms with van der Waals surface area (Å²) >= 11 is 0. The van der Waals surface area contributed by atoms with Crippen LogP contribution in [0.3, 0.4) is 0 Å².